The molecule has 1 atom stereocenters. The molecule has 0 fully saturated rings. The highest BCUT2D eigenvalue weighted by Crippen LogP contribution is 2.29. The molecule has 1 unspecified atom stereocenters. The molecule has 3 rings (SSSR count). The Labute approximate surface area is 175 Å². The van der Waals surface area contributed by atoms with Crippen LogP contribution in [0.3, 0.4) is 0 Å². The Balaban J connectivity index is 1.52. The molecule has 9 heteroatoms. The normalized spacial score (nSPS) is 11.8. The number of halogens is 2. The second-order valence-corrected chi connectivity index (χ2v) is 8.51. The molecule has 140 valence electrons. The van der Waals surface area contributed by atoms with Gasteiger partial charge in [0.25, 0.3) is 5.91 Å². The van der Waals surface area contributed by atoms with Gasteiger partial charge in [-0.3, -0.25) is 10.1 Å². The van der Waals surface area contributed by atoms with E-state index < -0.39 is 6.10 Å². The Morgan fingerprint density at radius 1 is 1.19 bits per heavy atom. The first kappa shape index (κ1) is 19.9. The van der Waals surface area contributed by atoms with E-state index in [4.69, 9.17) is 27.9 Å². The summed E-state index contributed by atoms with van der Waals surface area (Å²) in [5, 5.41) is 12.4. The summed E-state index contributed by atoms with van der Waals surface area (Å²) in [6, 6.07) is 14.6. The van der Waals surface area contributed by atoms with Crippen LogP contribution < -0.4 is 10.1 Å². The maximum atomic E-state index is 12.3. The predicted octanol–water partition coefficient (Wildman–Crippen LogP) is 5.54. The van der Waals surface area contributed by atoms with E-state index in [0.717, 1.165) is 15.7 Å². The van der Waals surface area contributed by atoms with E-state index in [2.05, 4.69) is 15.5 Å². The number of benzene rings is 2. The summed E-state index contributed by atoms with van der Waals surface area (Å²) in [5.41, 5.74) is 1.13. The molecule has 0 bridgehead atoms. The van der Waals surface area contributed by atoms with Crippen molar-refractivity contribution < 1.29 is 9.53 Å². The topological polar surface area (TPSA) is 64.1 Å². The molecule has 0 saturated carbocycles. The number of ether oxygens (including phenoxy) is 1. The highest BCUT2D eigenvalue weighted by molar-refractivity contribution is 8.00. The fourth-order valence-corrected chi connectivity index (χ4v) is 4.05. The van der Waals surface area contributed by atoms with Crippen molar-refractivity contribution in [3.63, 3.8) is 0 Å². The molecule has 5 nitrogen and oxygen atoms in total. The molecule has 1 N–H and O–H groups in total. The van der Waals surface area contributed by atoms with Crippen LogP contribution in [0, 0.1) is 0 Å². The third-order valence-corrected chi connectivity index (χ3v) is 6.03. The summed E-state index contributed by atoms with van der Waals surface area (Å²) in [7, 11) is 0. The summed E-state index contributed by atoms with van der Waals surface area (Å²) in [6.07, 6.45) is -0.723. The van der Waals surface area contributed by atoms with Gasteiger partial charge in [0, 0.05) is 10.8 Å². The SMILES string of the molecule is CC(Oc1ccccc1Cl)C(=O)Nc1nnc(SCc2ccc(Cl)cc2)s1. The molecule has 3 aromatic rings. The van der Waals surface area contributed by atoms with E-state index in [-0.39, 0.29) is 5.91 Å². The number of thioether (sulfide) groups is 1. The lowest BCUT2D eigenvalue weighted by Crippen LogP contribution is -2.30. The summed E-state index contributed by atoms with van der Waals surface area (Å²) in [4.78, 5) is 12.3. The molecular formula is C18H15Cl2N3O2S2. The van der Waals surface area contributed by atoms with Crippen molar-refractivity contribution in [1.82, 2.24) is 10.2 Å². The van der Waals surface area contributed by atoms with Crippen molar-refractivity contribution in [3.8, 4) is 5.75 Å². The predicted molar refractivity (Wildman–Crippen MR) is 111 cm³/mol. The van der Waals surface area contributed by atoms with Gasteiger partial charge in [0.05, 0.1) is 5.02 Å². The maximum absolute atomic E-state index is 12.3. The second-order valence-electron chi connectivity index (χ2n) is 5.47. The maximum Gasteiger partial charge on any atom is 0.266 e. The van der Waals surface area contributed by atoms with Crippen molar-refractivity contribution in [2.24, 2.45) is 0 Å². The van der Waals surface area contributed by atoms with E-state index in [0.29, 0.717) is 20.9 Å². The molecule has 0 radical (unpaired) electrons. The quantitative estimate of drug-likeness (QED) is 0.386. The summed E-state index contributed by atoms with van der Waals surface area (Å²) in [6.45, 7) is 1.65. The third kappa shape index (κ3) is 5.84. The minimum absolute atomic E-state index is 0.319. The van der Waals surface area contributed by atoms with Crippen LogP contribution in [0.25, 0.3) is 0 Å². The number of para-hydroxylation sites is 1. The molecule has 2 aromatic carbocycles. The van der Waals surface area contributed by atoms with Gasteiger partial charge in [0.2, 0.25) is 5.13 Å². The molecule has 1 aromatic heterocycles. The monoisotopic (exact) mass is 439 g/mol. The van der Waals surface area contributed by atoms with Crippen molar-refractivity contribution in [2.75, 3.05) is 5.32 Å². The lowest BCUT2D eigenvalue weighted by Gasteiger charge is -2.14. The lowest BCUT2D eigenvalue weighted by molar-refractivity contribution is -0.122. The van der Waals surface area contributed by atoms with Crippen LogP contribution in [0.1, 0.15) is 12.5 Å². The number of anilines is 1. The molecule has 0 spiro atoms. The number of nitrogens with one attached hydrogen (secondary N) is 1. The fraction of sp³-hybridized carbons (Fsp3) is 0.167. The van der Waals surface area contributed by atoms with Gasteiger partial charge in [0.1, 0.15) is 5.75 Å². The zero-order chi connectivity index (χ0) is 19.2. The number of hydrogen-bond donors (Lipinski definition) is 1. The summed E-state index contributed by atoms with van der Waals surface area (Å²) < 4.78 is 6.36. The minimum atomic E-state index is -0.723. The zero-order valence-corrected chi connectivity index (χ0v) is 17.3. The van der Waals surface area contributed by atoms with Gasteiger partial charge in [-0.25, -0.2) is 0 Å². The standard InChI is InChI=1S/C18H15Cl2N3O2S2/c1-11(25-15-5-3-2-4-14(15)20)16(24)21-17-22-23-18(27-17)26-10-12-6-8-13(19)9-7-12/h2-9,11H,10H2,1H3,(H,21,22,24). The van der Waals surface area contributed by atoms with Gasteiger partial charge < -0.3 is 4.74 Å². The molecule has 0 aliphatic heterocycles. The number of aromatic nitrogens is 2. The van der Waals surface area contributed by atoms with Crippen LogP contribution in [0.2, 0.25) is 10.0 Å². The third-order valence-electron chi connectivity index (χ3n) is 3.42. The van der Waals surface area contributed by atoms with E-state index >= 15 is 0 Å². The molecule has 1 heterocycles. The van der Waals surface area contributed by atoms with Gasteiger partial charge in [-0.1, -0.05) is 70.6 Å². The Morgan fingerprint density at radius 2 is 1.93 bits per heavy atom. The number of carbonyl (C=O) groups excluding carboxylic acids is 1. The molecule has 1 amide bonds. The van der Waals surface area contributed by atoms with Crippen LogP contribution in [-0.2, 0) is 10.5 Å². The first-order valence-electron chi connectivity index (χ1n) is 7.94. The van der Waals surface area contributed by atoms with Crippen LogP contribution in [0.5, 0.6) is 5.75 Å². The molecule has 0 aliphatic rings. The molecule has 27 heavy (non-hydrogen) atoms. The smallest absolute Gasteiger partial charge is 0.266 e. The van der Waals surface area contributed by atoms with E-state index in [9.17, 15) is 4.79 Å². The summed E-state index contributed by atoms with van der Waals surface area (Å²) >= 11 is 14.8. The Kier molecular flexibility index (Phi) is 6.95. The Bertz CT molecular complexity index is 919. The summed E-state index contributed by atoms with van der Waals surface area (Å²) in [5.74, 6) is 0.879. The average Bonchev–Trinajstić information content (AvgIpc) is 3.10. The molecule has 0 saturated heterocycles. The molecule has 0 aliphatic carbocycles. The molecular weight excluding hydrogens is 425 g/mol. The van der Waals surface area contributed by atoms with Crippen LogP contribution in [0.15, 0.2) is 52.9 Å². The first-order valence-corrected chi connectivity index (χ1v) is 10.5. The van der Waals surface area contributed by atoms with Gasteiger partial charge in [0.15, 0.2) is 10.4 Å². The highest BCUT2D eigenvalue weighted by atomic mass is 35.5. The van der Waals surface area contributed by atoms with Crippen LogP contribution in [-0.4, -0.2) is 22.2 Å². The average molecular weight is 440 g/mol. The van der Waals surface area contributed by atoms with Gasteiger partial charge in [-0.2, -0.15) is 0 Å². The second kappa shape index (κ2) is 9.41. The number of nitrogens with zero attached hydrogens (tertiary/aromatic N) is 2. The fourth-order valence-electron chi connectivity index (χ4n) is 2.04. The van der Waals surface area contributed by atoms with Crippen molar-refractivity contribution in [1.29, 1.82) is 0 Å². The Morgan fingerprint density at radius 3 is 2.67 bits per heavy atom. The minimum Gasteiger partial charge on any atom is -0.479 e. The largest absolute Gasteiger partial charge is 0.479 e. The van der Waals surface area contributed by atoms with Gasteiger partial charge >= 0.3 is 0 Å². The van der Waals surface area contributed by atoms with Crippen LogP contribution in [0.4, 0.5) is 5.13 Å². The highest BCUT2D eigenvalue weighted by Gasteiger charge is 2.18. The van der Waals surface area contributed by atoms with E-state index in [1.165, 1.54) is 11.3 Å². The van der Waals surface area contributed by atoms with Crippen molar-refractivity contribution >= 4 is 57.3 Å². The lowest BCUT2D eigenvalue weighted by atomic mass is 10.2. The Hall–Kier alpha value is -1.80. The van der Waals surface area contributed by atoms with Gasteiger partial charge in [-0.05, 0) is 36.8 Å². The first-order chi connectivity index (χ1) is 13.0. The number of rotatable bonds is 7. The number of amides is 1. The zero-order valence-electron chi connectivity index (χ0n) is 14.2. The van der Waals surface area contributed by atoms with Gasteiger partial charge in [-0.15, -0.1) is 10.2 Å². The number of carbonyl (C=O) groups is 1. The van der Waals surface area contributed by atoms with E-state index in [1.54, 1.807) is 43.0 Å². The van der Waals surface area contributed by atoms with Crippen molar-refractivity contribution in [3.05, 3.63) is 64.1 Å². The van der Waals surface area contributed by atoms with E-state index in [1.807, 2.05) is 24.3 Å². The number of hydrogen-bond acceptors (Lipinski definition) is 6. The van der Waals surface area contributed by atoms with Crippen LogP contribution >= 0.6 is 46.3 Å². The van der Waals surface area contributed by atoms with Crippen molar-refractivity contribution in [2.45, 2.75) is 23.1 Å².